The van der Waals surface area contributed by atoms with Gasteiger partial charge in [0, 0.05) is 5.88 Å². The van der Waals surface area contributed by atoms with Crippen LogP contribution in [0.5, 0.6) is 0 Å². The first-order valence-electron chi connectivity index (χ1n) is 14.2. The van der Waals surface area contributed by atoms with E-state index in [9.17, 15) is 30.0 Å². The van der Waals surface area contributed by atoms with Gasteiger partial charge in [0.2, 0.25) is 0 Å². The Bertz CT molecular complexity index is 1040. The van der Waals surface area contributed by atoms with Gasteiger partial charge in [-0.25, -0.2) is 0 Å². The fourth-order valence-corrected chi connectivity index (χ4v) is 10.9. The Hall–Kier alpha value is -1.11. The Morgan fingerprint density at radius 2 is 1.59 bits per heavy atom. The molecule has 0 spiro atoms. The van der Waals surface area contributed by atoms with Gasteiger partial charge in [0.15, 0.2) is 0 Å². The molecule has 3 fully saturated rings. The van der Waals surface area contributed by atoms with E-state index in [2.05, 4.69) is 27.7 Å². The fraction of sp³-hybridized carbons (Fsp3) is 0.867. The molecule has 208 valence electrons. The van der Waals surface area contributed by atoms with Crippen LogP contribution < -0.4 is 0 Å². The Morgan fingerprint density at radius 1 is 0.919 bits per heavy atom. The molecular formula is C30H45ClO6. The quantitative estimate of drug-likeness (QED) is 0.280. The molecule has 10 atom stereocenters. The van der Waals surface area contributed by atoms with E-state index in [1.54, 1.807) is 6.92 Å². The maximum absolute atomic E-state index is 12.8. The van der Waals surface area contributed by atoms with E-state index < -0.39 is 40.4 Å². The third kappa shape index (κ3) is 3.50. The van der Waals surface area contributed by atoms with Gasteiger partial charge >= 0.3 is 11.9 Å². The molecule has 0 unspecified atom stereocenters. The molecule has 4 N–H and O–H groups in total. The summed E-state index contributed by atoms with van der Waals surface area (Å²) in [4.78, 5) is 25.4. The molecule has 0 aliphatic heterocycles. The molecule has 0 aromatic heterocycles. The summed E-state index contributed by atoms with van der Waals surface area (Å²) < 4.78 is 0. The van der Waals surface area contributed by atoms with Gasteiger partial charge in [0.25, 0.3) is 0 Å². The predicted molar refractivity (Wildman–Crippen MR) is 141 cm³/mol. The normalized spacial score (nSPS) is 50.8. The highest BCUT2D eigenvalue weighted by Crippen LogP contribution is 2.72. The molecule has 0 aromatic carbocycles. The second kappa shape index (κ2) is 8.44. The number of carboxylic acids is 2. The number of hydrogen-bond acceptors (Lipinski definition) is 4. The van der Waals surface area contributed by atoms with Crippen molar-refractivity contribution in [3.63, 3.8) is 0 Å². The van der Waals surface area contributed by atoms with E-state index in [0.29, 0.717) is 31.6 Å². The van der Waals surface area contributed by atoms with E-state index in [4.69, 9.17) is 11.6 Å². The molecule has 5 aliphatic rings. The molecule has 0 radical (unpaired) electrons. The molecule has 7 heteroatoms. The molecule has 5 aliphatic carbocycles. The monoisotopic (exact) mass is 536 g/mol. The zero-order valence-electron chi connectivity index (χ0n) is 23.0. The average molecular weight is 537 g/mol. The zero-order valence-corrected chi connectivity index (χ0v) is 23.8. The third-order valence-electron chi connectivity index (χ3n) is 12.6. The molecule has 0 saturated heterocycles. The number of halogens is 1. The highest BCUT2D eigenvalue weighted by molar-refractivity contribution is 6.18. The first-order chi connectivity index (χ1) is 17.1. The van der Waals surface area contributed by atoms with E-state index in [1.807, 2.05) is 0 Å². The SMILES string of the molecule is CC1(C)CC[C@]2(C(=O)O)CCC3=C([C@@H](CCl)C[C@@H]4[C@@]5(C)C[C@H](O)[C@H](O)[C@@](C)(C(=O)O)[C@@H]5CC[C@@]34C)[C@@H]2C1. The van der Waals surface area contributed by atoms with E-state index in [1.165, 1.54) is 11.1 Å². The van der Waals surface area contributed by atoms with Crippen LogP contribution in [0.1, 0.15) is 92.4 Å². The lowest BCUT2D eigenvalue weighted by Gasteiger charge is -2.67. The highest BCUT2D eigenvalue weighted by atomic mass is 35.5. The van der Waals surface area contributed by atoms with Crippen LogP contribution in [0.4, 0.5) is 0 Å². The standard InChI is InChI=1S/C30H45ClO6/c1-26(2)10-11-30(25(36)37)9-6-17-22(18(30)13-26)16(15-31)12-21-27(17,3)8-7-20-28(21,4)14-19(32)23(33)29(20,5)24(34)35/h16,18-21,23,32-33H,6-15H2,1-5H3,(H,34,35)(H,36,37)/t16-,18+,19+,20-,21+,23+,27+,28+,29+,30-/m1/s1. The van der Waals surface area contributed by atoms with Gasteiger partial charge in [-0.3, -0.25) is 9.59 Å². The highest BCUT2D eigenvalue weighted by Gasteiger charge is 2.69. The molecule has 6 nitrogen and oxygen atoms in total. The van der Waals surface area contributed by atoms with Gasteiger partial charge in [-0.2, -0.15) is 0 Å². The zero-order chi connectivity index (χ0) is 27.3. The number of carbonyl (C=O) groups is 2. The third-order valence-corrected chi connectivity index (χ3v) is 13.0. The van der Waals surface area contributed by atoms with Crippen molar-refractivity contribution in [1.29, 1.82) is 0 Å². The minimum atomic E-state index is -1.42. The van der Waals surface area contributed by atoms with Crippen LogP contribution in [0.15, 0.2) is 11.1 Å². The predicted octanol–water partition coefficient (Wildman–Crippen LogP) is 5.49. The van der Waals surface area contributed by atoms with Gasteiger partial charge in [0.1, 0.15) is 0 Å². The first kappa shape index (κ1) is 27.5. The van der Waals surface area contributed by atoms with Gasteiger partial charge in [0.05, 0.1) is 23.0 Å². The summed E-state index contributed by atoms with van der Waals surface area (Å²) in [5.74, 6) is -1.43. The van der Waals surface area contributed by atoms with Crippen LogP contribution in [0, 0.1) is 50.7 Å². The average Bonchev–Trinajstić information content (AvgIpc) is 2.81. The summed E-state index contributed by atoms with van der Waals surface area (Å²) in [7, 11) is 0. The summed E-state index contributed by atoms with van der Waals surface area (Å²) >= 11 is 6.72. The Balaban J connectivity index is 1.65. The van der Waals surface area contributed by atoms with E-state index >= 15 is 0 Å². The fourth-order valence-electron chi connectivity index (χ4n) is 10.6. The number of rotatable bonds is 3. The first-order valence-corrected chi connectivity index (χ1v) is 14.7. The van der Waals surface area contributed by atoms with Crippen molar-refractivity contribution < 1.29 is 30.0 Å². The number of allylic oxidation sites excluding steroid dienone is 2. The number of alkyl halides is 1. The van der Waals surface area contributed by atoms with Crippen LogP contribution in [0.2, 0.25) is 0 Å². The minimum absolute atomic E-state index is 0.0207. The van der Waals surface area contributed by atoms with Crippen molar-refractivity contribution in [2.24, 2.45) is 50.7 Å². The number of aliphatic carboxylic acids is 2. The van der Waals surface area contributed by atoms with Crippen molar-refractivity contribution in [2.75, 3.05) is 5.88 Å². The van der Waals surface area contributed by atoms with Crippen molar-refractivity contribution in [3.05, 3.63) is 11.1 Å². The number of aliphatic hydroxyl groups excluding tert-OH is 2. The Labute approximate surface area is 225 Å². The van der Waals surface area contributed by atoms with E-state index in [0.717, 1.165) is 32.1 Å². The number of fused-ring (bicyclic) bond motifs is 6. The molecule has 0 amide bonds. The van der Waals surface area contributed by atoms with Crippen molar-refractivity contribution in [1.82, 2.24) is 0 Å². The van der Waals surface area contributed by atoms with Crippen molar-refractivity contribution in [2.45, 2.75) is 105 Å². The second-order valence-corrected chi connectivity index (χ2v) is 15.1. The van der Waals surface area contributed by atoms with Gasteiger partial charge in [-0.1, -0.05) is 38.8 Å². The van der Waals surface area contributed by atoms with Crippen molar-refractivity contribution >= 4 is 23.5 Å². The maximum atomic E-state index is 12.8. The Morgan fingerprint density at radius 3 is 2.19 bits per heavy atom. The van der Waals surface area contributed by atoms with Crippen molar-refractivity contribution in [3.8, 4) is 0 Å². The van der Waals surface area contributed by atoms with Crippen LogP contribution in [0.25, 0.3) is 0 Å². The van der Waals surface area contributed by atoms with Crippen LogP contribution >= 0.6 is 11.6 Å². The molecular weight excluding hydrogens is 492 g/mol. The largest absolute Gasteiger partial charge is 0.481 e. The smallest absolute Gasteiger partial charge is 0.312 e. The summed E-state index contributed by atoms with van der Waals surface area (Å²) in [5.41, 5.74) is -0.0655. The summed E-state index contributed by atoms with van der Waals surface area (Å²) in [6.45, 7) is 10.6. The molecule has 3 saturated carbocycles. The van der Waals surface area contributed by atoms with Crippen LogP contribution in [0.3, 0.4) is 0 Å². The van der Waals surface area contributed by atoms with E-state index in [-0.39, 0.29) is 34.5 Å². The number of aliphatic hydroxyl groups is 2. The Kier molecular flexibility index (Phi) is 6.27. The molecule has 5 rings (SSSR count). The lowest BCUT2D eigenvalue weighted by molar-refractivity contribution is -0.225. The lowest BCUT2D eigenvalue weighted by Crippen LogP contribution is -2.67. The molecule has 0 heterocycles. The maximum Gasteiger partial charge on any atom is 0.312 e. The second-order valence-electron chi connectivity index (χ2n) is 14.8. The summed E-state index contributed by atoms with van der Waals surface area (Å²) in [6, 6.07) is 0. The lowest BCUT2D eigenvalue weighted by atomic mass is 9.37. The summed E-state index contributed by atoms with van der Waals surface area (Å²) in [5, 5.41) is 42.7. The van der Waals surface area contributed by atoms with Crippen LogP contribution in [-0.4, -0.2) is 50.5 Å². The van der Waals surface area contributed by atoms with Crippen LogP contribution in [-0.2, 0) is 9.59 Å². The van der Waals surface area contributed by atoms with Gasteiger partial charge in [-0.15, -0.1) is 11.6 Å². The topological polar surface area (TPSA) is 115 Å². The number of hydrogen-bond donors (Lipinski definition) is 4. The molecule has 0 bridgehead atoms. The molecule has 0 aromatic rings. The number of carboxylic acid groups (broad SMARTS) is 2. The van der Waals surface area contributed by atoms with Gasteiger partial charge in [-0.05, 0) is 105 Å². The minimum Gasteiger partial charge on any atom is -0.481 e. The summed E-state index contributed by atoms with van der Waals surface area (Å²) in [6.07, 6.45) is 4.09. The molecule has 37 heavy (non-hydrogen) atoms. The van der Waals surface area contributed by atoms with Gasteiger partial charge < -0.3 is 20.4 Å².